The fourth-order valence-electron chi connectivity index (χ4n) is 3.38. The molecule has 2 aromatic heterocycles. The highest BCUT2D eigenvalue weighted by Gasteiger charge is 2.30. The molecular formula is C22H25N5OS. The Morgan fingerprint density at radius 1 is 1.21 bits per heavy atom. The molecule has 0 bridgehead atoms. The second-order valence-electron chi connectivity index (χ2n) is 7.67. The number of para-hydroxylation sites is 1. The monoisotopic (exact) mass is 407 g/mol. The third-order valence-electron chi connectivity index (χ3n) is 5.04. The molecule has 1 N–H and O–H groups in total. The first-order valence-corrected chi connectivity index (χ1v) is 10.9. The number of pyridine rings is 1. The van der Waals surface area contributed by atoms with Crippen LogP contribution in [0, 0.1) is 6.92 Å². The molecule has 0 unspecified atom stereocenters. The number of thioether (sulfide) groups is 1. The van der Waals surface area contributed by atoms with Gasteiger partial charge in [-0.05, 0) is 48.9 Å². The van der Waals surface area contributed by atoms with Crippen LogP contribution in [0.2, 0.25) is 0 Å². The zero-order chi connectivity index (χ0) is 20.4. The van der Waals surface area contributed by atoms with Crippen molar-refractivity contribution in [1.29, 1.82) is 0 Å². The molecule has 0 spiro atoms. The second kappa shape index (κ2) is 8.37. The number of rotatable bonds is 7. The molecule has 0 saturated heterocycles. The van der Waals surface area contributed by atoms with E-state index in [2.05, 4.69) is 45.0 Å². The van der Waals surface area contributed by atoms with Gasteiger partial charge >= 0.3 is 0 Å². The van der Waals surface area contributed by atoms with Crippen molar-refractivity contribution in [2.24, 2.45) is 0 Å². The highest BCUT2D eigenvalue weighted by molar-refractivity contribution is 7.99. The van der Waals surface area contributed by atoms with E-state index < -0.39 is 0 Å². The van der Waals surface area contributed by atoms with Gasteiger partial charge in [0.25, 0.3) is 0 Å². The van der Waals surface area contributed by atoms with Gasteiger partial charge in [0.15, 0.2) is 11.0 Å². The number of amides is 1. The van der Waals surface area contributed by atoms with E-state index in [9.17, 15) is 4.79 Å². The second-order valence-corrected chi connectivity index (χ2v) is 8.62. The van der Waals surface area contributed by atoms with Crippen molar-refractivity contribution in [3.8, 4) is 11.4 Å². The molecule has 150 valence electrons. The zero-order valence-corrected chi connectivity index (χ0v) is 17.7. The molecule has 29 heavy (non-hydrogen) atoms. The van der Waals surface area contributed by atoms with Crippen LogP contribution in [0.15, 0.2) is 47.9 Å². The molecule has 0 atom stereocenters. The number of aryl methyl sites for hydroxylation is 1. The first-order chi connectivity index (χ1) is 14.0. The fraction of sp³-hybridized carbons (Fsp3) is 0.364. The third kappa shape index (κ3) is 4.34. The molecule has 7 heteroatoms. The smallest absolute Gasteiger partial charge is 0.234 e. The van der Waals surface area contributed by atoms with Crippen LogP contribution in [-0.4, -0.2) is 31.4 Å². The maximum absolute atomic E-state index is 12.7. The van der Waals surface area contributed by atoms with E-state index in [1.807, 2.05) is 31.2 Å². The number of nitrogens with one attached hydrogen (secondary N) is 1. The van der Waals surface area contributed by atoms with Crippen molar-refractivity contribution in [2.45, 2.75) is 50.7 Å². The van der Waals surface area contributed by atoms with Crippen LogP contribution in [0.3, 0.4) is 0 Å². The zero-order valence-electron chi connectivity index (χ0n) is 16.9. The van der Waals surface area contributed by atoms with E-state index in [-0.39, 0.29) is 5.91 Å². The Hall–Kier alpha value is -2.67. The van der Waals surface area contributed by atoms with Crippen LogP contribution < -0.4 is 5.32 Å². The third-order valence-corrected chi connectivity index (χ3v) is 5.98. The Kier molecular flexibility index (Phi) is 5.67. The molecule has 1 aromatic carbocycles. The van der Waals surface area contributed by atoms with Crippen molar-refractivity contribution >= 4 is 23.4 Å². The van der Waals surface area contributed by atoms with Crippen LogP contribution in [0.25, 0.3) is 11.4 Å². The van der Waals surface area contributed by atoms with Gasteiger partial charge in [0.05, 0.1) is 5.75 Å². The number of nitrogens with zero attached hydrogens (tertiary/aromatic N) is 4. The van der Waals surface area contributed by atoms with Crippen molar-refractivity contribution in [3.05, 3.63) is 53.9 Å². The Labute approximate surface area is 175 Å². The van der Waals surface area contributed by atoms with Gasteiger partial charge in [-0.3, -0.25) is 14.3 Å². The summed E-state index contributed by atoms with van der Waals surface area (Å²) >= 11 is 1.44. The van der Waals surface area contributed by atoms with Gasteiger partial charge in [-0.2, -0.15) is 0 Å². The van der Waals surface area contributed by atoms with Gasteiger partial charge < -0.3 is 5.32 Å². The molecule has 0 aliphatic heterocycles. The SMILES string of the molecule is Cc1cccc(C(C)C)c1NC(=O)CSc1nnc(-c2ccncc2)n1C1CC1. The fourth-order valence-corrected chi connectivity index (χ4v) is 4.19. The molecule has 1 aliphatic rings. The molecular weight excluding hydrogens is 382 g/mol. The standard InChI is InChI=1S/C22H25N5OS/c1-14(2)18-6-4-5-15(3)20(18)24-19(28)13-29-22-26-25-21(27(22)17-7-8-17)16-9-11-23-12-10-16/h4-6,9-12,14,17H,7-8,13H2,1-3H3,(H,24,28). The highest BCUT2D eigenvalue weighted by Crippen LogP contribution is 2.41. The lowest BCUT2D eigenvalue weighted by molar-refractivity contribution is -0.113. The van der Waals surface area contributed by atoms with E-state index in [4.69, 9.17) is 0 Å². The first kappa shape index (κ1) is 19.6. The lowest BCUT2D eigenvalue weighted by atomic mass is 9.98. The Balaban J connectivity index is 1.49. The maximum atomic E-state index is 12.7. The normalized spacial score (nSPS) is 13.7. The minimum absolute atomic E-state index is 0.0259. The minimum Gasteiger partial charge on any atom is -0.325 e. The molecule has 1 amide bonds. The Morgan fingerprint density at radius 3 is 2.66 bits per heavy atom. The van der Waals surface area contributed by atoms with Crippen molar-refractivity contribution in [2.75, 3.05) is 11.1 Å². The summed E-state index contributed by atoms with van der Waals surface area (Å²) in [6.45, 7) is 6.30. The quantitative estimate of drug-likeness (QED) is 0.568. The molecule has 2 heterocycles. The highest BCUT2D eigenvalue weighted by atomic mass is 32.2. The molecule has 1 fully saturated rings. The summed E-state index contributed by atoms with van der Waals surface area (Å²) in [6, 6.07) is 10.4. The predicted octanol–water partition coefficient (Wildman–Crippen LogP) is 4.84. The molecule has 3 aromatic rings. The van der Waals surface area contributed by atoms with Crippen LogP contribution in [0.4, 0.5) is 5.69 Å². The topological polar surface area (TPSA) is 72.7 Å². The maximum Gasteiger partial charge on any atom is 0.234 e. The number of hydrogen-bond donors (Lipinski definition) is 1. The largest absolute Gasteiger partial charge is 0.325 e. The van der Waals surface area contributed by atoms with Crippen LogP contribution in [0.1, 0.15) is 49.8 Å². The van der Waals surface area contributed by atoms with E-state index >= 15 is 0 Å². The number of aromatic nitrogens is 4. The van der Waals surface area contributed by atoms with Gasteiger partial charge in [0.2, 0.25) is 5.91 Å². The van der Waals surface area contributed by atoms with Gasteiger partial charge in [0.1, 0.15) is 0 Å². The number of benzene rings is 1. The number of anilines is 1. The molecule has 4 rings (SSSR count). The first-order valence-electron chi connectivity index (χ1n) is 9.92. The summed E-state index contributed by atoms with van der Waals surface area (Å²) < 4.78 is 2.17. The lowest BCUT2D eigenvalue weighted by Gasteiger charge is -2.16. The number of hydrogen-bond acceptors (Lipinski definition) is 5. The summed E-state index contributed by atoms with van der Waals surface area (Å²) in [5.74, 6) is 1.46. The van der Waals surface area contributed by atoms with Gasteiger partial charge in [-0.1, -0.05) is 43.8 Å². The van der Waals surface area contributed by atoms with Crippen molar-refractivity contribution in [1.82, 2.24) is 19.7 Å². The van der Waals surface area contributed by atoms with Gasteiger partial charge in [-0.25, -0.2) is 0 Å². The summed E-state index contributed by atoms with van der Waals surface area (Å²) in [7, 11) is 0. The number of carbonyl (C=O) groups excluding carboxylic acids is 1. The van der Waals surface area contributed by atoms with Crippen molar-refractivity contribution < 1.29 is 4.79 Å². The lowest BCUT2D eigenvalue weighted by Crippen LogP contribution is -2.17. The summed E-state index contributed by atoms with van der Waals surface area (Å²) in [4.78, 5) is 16.8. The number of carbonyl (C=O) groups is 1. The minimum atomic E-state index is -0.0259. The van der Waals surface area contributed by atoms with E-state index in [1.54, 1.807) is 12.4 Å². The molecule has 6 nitrogen and oxygen atoms in total. The van der Waals surface area contributed by atoms with Gasteiger partial charge in [-0.15, -0.1) is 10.2 Å². The van der Waals surface area contributed by atoms with E-state index in [0.717, 1.165) is 46.2 Å². The molecule has 0 radical (unpaired) electrons. The van der Waals surface area contributed by atoms with E-state index in [0.29, 0.717) is 17.7 Å². The predicted molar refractivity (Wildman–Crippen MR) is 116 cm³/mol. The summed E-state index contributed by atoms with van der Waals surface area (Å²) in [5.41, 5.74) is 4.16. The van der Waals surface area contributed by atoms with E-state index in [1.165, 1.54) is 11.8 Å². The molecule has 1 aliphatic carbocycles. The van der Waals surface area contributed by atoms with Crippen molar-refractivity contribution in [3.63, 3.8) is 0 Å². The van der Waals surface area contributed by atoms with Crippen LogP contribution >= 0.6 is 11.8 Å². The molecule has 1 saturated carbocycles. The van der Waals surface area contributed by atoms with Gasteiger partial charge in [0, 0.05) is 29.7 Å². The Morgan fingerprint density at radius 2 is 1.97 bits per heavy atom. The summed E-state index contributed by atoms with van der Waals surface area (Å²) in [6.07, 6.45) is 5.76. The van der Waals surface area contributed by atoms with Crippen LogP contribution in [-0.2, 0) is 4.79 Å². The average Bonchev–Trinajstić information content (AvgIpc) is 3.47. The summed E-state index contributed by atoms with van der Waals surface area (Å²) in [5, 5.41) is 12.7. The Bertz CT molecular complexity index is 1010. The van der Waals surface area contributed by atoms with Crippen LogP contribution in [0.5, 0.6) is 0 Å². The average molecular weight is 408 g/mol.